The largest absolute Gasteiger partial charge is 0.389 e. The number of thiocarbonyl (C=S) groups is 1. The first-order valence-corrected chi connectivity index (χ1v) is 7.29. The quantitative estimate of drug-likeness (QED) is 0.749. The van der Waals surface area contributed by atoms with Crippen molar-refractivity contribution in [3.63, 3.8) is 0 Å². The van der Waals surface area contributed by atoms with Crippen molar-refractivity contribution >= 4 is 56.1 Å². The van der Waals surface area contributed by atoms with Crippen molar-refractivity contribution < 1.29 is 4.39 Å². The third-order valence-corrected chi connectivity index (χ3v) is 4.29. The van der Waals surface area contributed by atoms with E-state index in [2.05, 4.69) is 21.2 Å². The van der Waals surface area contributed by atoms with Crippen LogP contribution in [0, 0.1) is 12.7 Å². The Bertz CT molecular complexity index is 691. The van der Waals surface area contributed by atoms with E-state index in [0.29, 0.717) is 16.3 Å². The Balaban J connectivity index is 2.42. The van der Waals surface area contributed by atoms with Gasteiger partial charge in [0, 0.05) is 16.3 Å². The minimum Gasteiger partial charge on any atom is -0.389 e. The topological polar surface area (TPSA) is 38.0 Å². The lowest BCUT2D eigenvalue weighted by Gasteiger charge is -2.13. The lowest BCUT2D eigenvalue weighted by molar-refractivity contribution is 0.625. The number of rotatable bonds is 3. The maximum Gasteiger partial charge on any atom is 0.161 e. The van der Waals surface area contributed by atoms with E-state index in [1.165, 1.54) is 0 Å². The highest BCUT2D eigenvalue weighted by Gasteiger charge is 2.13. The van der Waals surface area contributed by atoms with Gasteiger partial charge in [0.25, 0.3) is 0 Å². The fraction of sp³-hybridized carbons (Fsp3) is 0.0714. The molecule has 2 aromatic carbocycles. The smallest absolute Gasteiger partial charge is 0.161 e. The first-order valence-electron chi connectivity index (χ1n) is 5.71. The molecule has 0 unspecified atom stereocenters. The molecule has 2 nitrogen and oxygen atoms in total. The molecule has 0 atom stereocenters. The Hall–Kier alpha value is -1.17. The van der Waals surface area contributed by atoms with Gasteiger partial charge in [0.05, 0.1) is 10.2 Å². The molecule has 0 aliphatic rings. The minimum absolute atomic E-state index is 0.140. The lowest BCUT2D eigenvalue weighted by atomic mass is 10.1. The first-order chi connectivity index (χ1) is 9.41. The van der Waals surface area contributed by atoms with E-state index in [-0.39, 0.29) is 9.46 Å². The van der Waals surface area contributed by atoms with Gasteiger partial charge in [0.2, 0.25) is 0 Å². The summed E-state index contributed by atoms with van der Waals surface area (Å²) >= 11 is 14.1. The zero-order valence-corrected chi connectivity index (χ0v) is 13.7. The maximum atomic E-state index is 14.3. The molecular formula is C14H11BrClFN2S. The highest BCUT2D eigenvalue weighted by molar-refractivity contribution is 9.10. The Morgan fingerprint density at radius 1 is 1.30 bits per heavy atom. The van der Waals surface area contributed by atoms with Crippen LogP contribution in [0.4, 0.5) is 15.8 Å². The fourth-order valence-electron chi connectivity index (χ4n) is 1.72. The summed E-state index contributed by atoms with van der Waals surface area (Å²) < 4.78 is 14.5. The van der Waals surface area contributed by atoms with Crippen molar-refractivity contribution in [3.05, 3.63) is 56.8 Å². The van der Waals surface area contributed by atoms with Gasteiger partial charge in [-0.2, -0.15) is 0 Å². The fourth-order valence-corrected chi connectivity index (χ4v) is 2.76. The van der Waals surface area contributed by atoms with Gasteiger partial charge >= 0.3 is 0 Å². The zero-order chi connectivity index (χ0) is 14.9. The van der Waals surface area contributed by atoms with Crippen LogP contribution in [0.25, 0.3) is 0 Å². The molecule has 3 N–H and O–H groups in total. The number of anilines is 2. The van der Waals surface area contributed by atoms with Crippen LogP contribution in [-0.2, 0) is 0 Å². The van der Waals surface area contributed by atoms with Crippen LogP contribution in [0.1, 0.15) is 11.1 Å². The maximum absolute atomic E-state index is 14.3. The summed E-state index contributed by atoms with van der Waals surface area (Å²) in [4.78, 5) is 0.140. The summed E-state index contributed by atoms with van der Waals surface area (Å²) in [5.74, 6) is -0.449. The number of nitrogens with one attached hydrogen (secondary N) is 1. The van der Waals surface area contributed by atoms with Gasteiger partial charge < -0.3 is 11.1 Å². The molecule has 0 aliphatic heterocycles. The molecule has 0 heterocycles. The van der Waals surface area contributed by atoms with Crippen molar-refractivity contribution in [2.24, 2.45) is 5.73 Å². The van der Waals surface area contributed by atoms with Gasteiger partial charge in [-0.05, 0) is 52.7 Å². The normalized spacial score (nSPS) is 10.4. The summed E-state index contributed by atoms with van der Waals surface area (Å²) in [6, 6.07) is 8.67. The van der Waals surface area contributed by atoms with Crippen molar-refractivity contribution in [1.29, 1.82) is 0 Å². The van der Waals surface area contributed by atoms with Crippen molar-refractivity contribution in [2.45, 2.75) is 6.92 Å². The standard InChI is InChI=1S/C14H11BrClFN2S/c1-7-9(16)3-2-4-10(7)19-11-6-5-8(14(18)20)12(15)13(11)17/h2-6,19H,1H3,(H2,18,20). The van der Waals surface area contributed by atoms with Crippen molar-refractivity contribution in [2.75, 3.05) is 5.32 Å². The third kappa shape index (κ3) is 2.95. The highest BCUT2D eigenvalue weighted by atomic mass is 79.9. The SMILES string of the molecule is Cc1c(Cl)cccc1Nc1ccc(C(N)=S)c(Br)c1F. The number of hydrogen-bond acceptors (Lipinski definition) is 2. The van der Waals surface area contributed by atoms with Crippen LogP contribution in [0.15, 0.2) is 34.8 Å². The van der Waals surface area contributed by atoms with Gasteiger partial charge in [-0.1, -0.05) is 29.9 Å². The second-order valence-electron chi connectivity index (χ2n) is 4.19. The molecule has 0 radical (unpaired) electrons. The van der Waals surface area contributed by atoms with Crippen LogP contribution < -0.4 is 11.1 Å². The summed E-state index contributed by atoms with van der Waals surface area (Å²) in [5, 5.41) is 3.63. The van der Waals surface area contributed by atoms with Crippen LogP contribution in [0.3, 0.4) is 0 Å². The molecular weight excluding hydrogens is 363 g/mol. The van der Waals surface area contributed by atoms with E-state index in [4.69, 9.17) is 29.6 Å². The van der Waals surface area contributed by atoms with E-state index in [1.54, 1.807) is 24.3 Å². The predicted molar refractivity (Wildman–Crippen MR) is 89.5 cm³/mol. The average molecular weight is 374 g/mol. The summed E-state index contributed by atoms with van der Waals surface area (Å²) in [5.41, 5.74) is 7.90. The lowest BCUT2D eigenvalue weighted by Crippen LogP contribution is -2.11. The molecule has 20 heavy (non-hydrogen) atoms. The molecule has 0 spiro atoms. The van der Waals surface area contributed by atoms with E-state index < -0.39 is 5.82 Å². The van der Waals surface area contributed by atoms with Crippen molar-refractivity contribution in [3.8, 4) is 0 Å². The van der Waals surface area contributed by atoms with E-state index in [0.717, 1.165) is 11.3 Å². The molecule has 0 fully saturated rings. The van der Waals surface area contributed by atoms with Crippen LogP contribution in [-0.4, -0.2) is 4.99 Å². The van der Waals surface area contributed by atoms with E-state index >= 15 is 0 Å². The second-order valence-corrected chi connectivity index (χ2v) is 5.83. The van der Waals surface area contributed by atoms with Crippen LogP contribution in [0.5, 0.6) is 0 Å². The number of benzene rings is 2. The summed E-state index contributed by atoms with van der Waals surface area (Å²) in [6.07, 6.45) is 0. The van der Waals surface area contributed by atoms with Gasteiger partial charge in [0.1, 0.15) is 4.99 Å². The van der Waals surface area contributed by atoms with Crippen LogP contribution >= 0.6 is 39.7 Å². The number of halogens is 3. The Morgan fingerprint density at radius 3 is 2.65 bits per heavy atom. The highest BCUT2D eigenvalue weighted by Crippen LogP contribution is 2.31. The van der Waals surface area contributed by atoms with Gasteiger partial charge in [-0.25, -0.2) is 4.39 Å². The molecule has 0 aromatic heterocycles. The molecule has 104 valence electrons. The monoisotopic (exact) mass is 372 g/mol. The Kier molecular flexibility index (Phi) is 4.62. The molecule has 0 bridgehead atoms. The molecule has 0 amide bonds. The second kappa shape index (κ2) is 6.08. The van der Waals surface area contributed by atoms with E-state index in [9.17, 15) is 4.39 Å². The van der Waals surface area contributed by atoms with Gasteiger partial charge in [-0.15, -0.1) is 0 Å². The molecule has 0 saturated carbocycles. The number of nitrogens with two attached hydrogens (primary N) is 1. The molecule has 0 saturated heterocycles. The minimum atomic E-state index is -0.449. The Morgan fingerprint density at radius 2 is 2.00 bits per heavy atom. The van der Waals surface area contributed by atoms with Gasteiger partial charge in [0.15, 0.2) is 5.82 Å². The Labute approximate surface area is 135 Å². The summed E-state index contributed by atoms with van der Waals surface area (Å²) in [6.45, 7) is 1.86. The predicted octanol–water partition coefficient (Wildman–Crippen LogP) is 4.93. The summed E-state index contributed by atoms with van der Waals surface area (Å²) in [7, 11) is 0. The van der Waals surface area contributed by atoms with Crippen molar-refractivity contribution in [1.82, 2.24) is 0 Å². The molecule has 2 aromatic rings. The van der Waals surface area contributed by atoms with E-state index in [1.807, 2.05) is 13.0 Å². The first kappa shape index (κ1) is 15.2. The van der Waals surface area contributed by atoms with Gasteiger partial charge in [-0.3, -0.25) is 0 Å². The average Bonchev–Trinajstić information content (AvgIpc) is 2.40. The third-order valence-electron chi connectivity index (χ3n) is 2.88. The zero-order valence-electron chi connectivity index (χ0n) is 10.5. The molecule has 0 aliphatic carbocycles. The molecule has 6 heteroatoms. The molecule has 2 rings (SSSR count). The number of hydrogen-bond donors (Lipinski definition) is 2. The van der Waals surface area contributed by atoms with Crippen LogP contribution in [0.2, 0.25) is 5.02 Å².